The van der Waals surface area contributed by atoms with Crippen molar-refractivity contribution in [3.05, 3.63) is 41.8 Å². The first-order valence-electron chi connectivity index (χ1n) is 7.33. The van der Waals surface area contributed by atoms with Crippen LogP contribution >= 0.6 is 11.8 Å². The molecule has 1 atom stereocenters. The average Bonchev–Trinajstić information content (AvgIpc) is 3.18. The molecule has 1 unspecified atom stereocenters. The summed E-state index contributed by atoms with van der Waals surface area (Å²) in [4.78, 5) is 8.67. The standard InChI is InChI=1S/C15H16FN5OS/c1-3-6-12-17-14(22-21-12)9(2)23-15-18-13(19-20-15)10-7-4-5-8-11(10)16/h4-5,7-9H,3,6H2,1-2H3,(H,18,19,20). The number of aromatic amines is 1. The lowest BCUT2D eigenvalue weighted by molar-refractivity contribution is 0.374. The summed E-state index contributed by atoms with van der Waals surface area (Å²) in [7, 11) is 0. The molecule has 0 bridgehead atoms. The van der Waals surface area contributed by atoms with E-state index < -0.39 is 0 Å². The van der Waals surface area contributed by atoms with Crippen molar-refractivity contribution in [2.75, 3.05) is 0 Å². The van der Waals surface area contributed by atoms with E-state index in [9.17, 15) is 4.39 Å². The molecule has 0 aliphatic carbocycles. The Morgan fingerprint density at radius 2 is 2.13 bits per heavy atom. The molecule has 0 radical (unpaired) electrons. The quantitative estimate of drug-likeness (QED) is 0.691. The van der Waals surface area contributed by atoms with Crippen LogP contribution in [0.1, 0.15) is 37.2 Å². The molecule has 0 amide bonds. The van der Waals surface area contributed by atoms with E-state index in [4.69, 9.17) is 4.52 Å². The van der Waals surface area contributed by atoms with Crippen LogP contribution in [0.3, 0.4) is 0 Å². The minimum Gasteiger partial charge on any atom is -0.338 e. The summed E-state index contributed by atoms with van der Waals surface area (Å²) in [6.45, 7) is 4.00. The van der Waals surface area contributed by atoms with Crippen molar-refractivity contribution in [1.29, 1.82) is 0 Å². The van der Waals surface area contributed by atoms with Gasteiger partial charge in [0.25, 0.3) is 0 Å². The zero-order valence-electron chi connectivity index (χ0n) is 12.8. The first-order chi connectivity index (χ1) is 11.2. The second-order valence-electron chi connectivity index (χ2n) is 5.01. The summed E-state index contributed by atoms with van der Waals surface area (Å²) < 4.78 is 19.0. The molecule has 3 aromatic rings. The van der Waals surface area contributed by atoms with Gasteiger partial charge in [-0.05, 0) is 25.5 Å². The fourth-order valence-electron chi connectivity index (χ4n) is 2.04. The number of hydrogen-bond donors (Lipinski definition) is 1. The molecule has 2 heterocycles. The number of H-pyrrole nitrogens is 1. The Balaban J connectivity index is 1.72. The number of hydrogen-bond acceptors (Lipinski definition) is 6. The number of rotatable bonds is 6. The molecule has 0 saturated carbocycles. The Morgan fingerprint density at radius 3 is 2.91 bits per heavy atom. The van der Waals surface area contributed by atoms with Gasteiger partial charge in [0.1, 0.15) is 5.82 Å². The third-order valence-corrected chi connectivity index (χ3v) is 4.13. The third kappa shape index (κ3) is 3.58. The van der Waals surface area contributed by atoms with E-state index in [-0.39, 0.29) is 11.1 Å². The van der Waals surface area contributed by atoms with Crippen molar-refractivity contribution < 1.29 is 8.91 Å². The summed E-state index contributed by atoms with van der Waals surface area (Å²) in [5.74, 6) is 1.30. The first kappa shape index (κ1) is 15.7. The zero-order valence-corrected chi connectivity index (χ0v) is 13.6. The van der Waals surface area contributed by atoms with Crippen molar-refractivity contribution in [2.45, 2.75) is 37.1 Å². The molecule has 6 nitrogen and oxygen atoms in total. The number of aryl methyl sites for hydroxylation is 1. The summed E-state index contributed by atoms with van der Waals surface area (Å²) in [5.41, 5.74) is 0.391. The molecular formula is C15H16FN5OS. The second-order valence-corrected chi connectivity index (χ2v) is 6.31. The van der Waals surface area contributed by atoms with Gasteiger partial charge in [0, 0.05) is 6.42 Å². The lowest BCUT2D eigenvalue weighted by Crippen LogP contribution is -1.91. The molecule has 1 N–H and O–H groups in total. The van der Waals surface area contributed by atoms with E-state index in [1.807, 2.05) is 6.92 Å². The average molecular weight is 333 g/mol. The topological polar surface area (TPSA) is 80.5 Å². The van der Waals surface area contributed by atoms with E-state index in [1.54, 1.807) is 18.2 Å². The zero-order chi connectivity index (χ0) is 16.2. The molecular weight excluding hydrogens is 317 g/mol. The predicted molar refractivity (Wildman–Crippen MR) is 84.3 cm³/mol. The van der Waals surface area contributed by atoms with Gasteiger partial charge < -0.3 is 4.52 Å². The van der Waals surface area contributed by atoms with Crippen LogP contribution in [0.25, 0.3) is 11.4 Å². The summed E-state index contributed by atoms with van der Waals surface area (Å²) in [5, 5.41) is 11.2. The highest BCUT2D eigenvalue weighted by Gasteiger charge is 2.18. The molecule has 1 aromatic carbocycles. The lowest BCUT2D eigenvalue weighted by Gasteiger charge is -2.01. The normalized spacial score (nSPS) is 12.5. The maximum atomic E-state index is 13.8. The van der Waals surface area contributed by atoms with Gasteiger partial charge in [-0.15, -0.1) is 5.10 Å². The maximum Gasteiger partial charge on any atom is 0.239 e. The summed E-state index contributed by atoms with van der Waals surface area (Å²) in [6.07, 6.45) is 1.76. The molecule has 120 valence electrons. The molecule has 0 fully saturated rings. The summed E-state index contributed by atoms with van der Waals surface area (Å²) in [6, 6.07) is 6.43. The third-order valence-electron chi connectivity index (χ3n) is 3.18. The Labute approximate surface area is 136 Å². The largest absolute Gasteiger partial charge is 0.338 e. The maximum absolute atomic E-state index is 13.8. The van der Waals surface area contributed by atoms with Crippen LogP contribution in [-0.4, -0.2) is 25.3 Å². The summed E-state index contributed by atoms with van der Waals surface area (Å²) >= 11 is 1.38. The van der Waals surface area contributed by atoms with Gasteiger partial charge in [-0.25, -0.2) is 9.37 Å². The van der Waals surface area contributed by atoms with E-state index in [2.05, 4.69) is 32.2 Å². The van der Waals surface area contributed by atoms with E-state index in [0.717, 1.165) is 12.8 Å². The number of nitrogens with one attached hydrogen (secondary N) is 1. The van der Waals surface area contributed by atoms with Crippen LogP contribution in [0.5, 0.6) is 0 Å². The van der Waals surface area contributed by atoms with Crippen molar-refractivity contribution in [3.63, 3.8) is 0 Å². The monoisotopic (exact) mass is 333 g/mol. The predicted octanol–water partition coefficient (Wildman–Crippen LogP) is 3.80. The minimum atomic E-state index is -0.339. The fraction of sp³-hybridized carbons (Fsp3) is 0.333. The minimum absolute atomic E-state index is 0.0858. The first-order valence-corrected chi connectivity index (χ1v) is 8.21. The van der Waals surface area contributed by atoms with Crippen LogP contribution < -0.4 is 0 Å². The van der Waals surface area contributed by atoms with Crippen LogP contribution in [0.4, 0.5) is 4.39 Å². The highest BCUT2D eigenvalue weighted by molar-refractivity contribution is 7.99. The van der Waals surface area contributed by atoms with Gasteiger partial charge in [0.15, 0.2) is 11.6 Å². The fourth-order valence-corrected chi connectivity index (χ4v) is 2.79. The highest BCUT2D eigenvalue weighted by Crippen LogP contribution is 2.32. The highest BCUT2D eigenvalue weighted by atomic mass is 32.2. The van der Waals surface area contributed by atoms with Gasteiger partial charge in [0.05, 0.1) is 10.8 Å². The Morgan fingerprint density at radius 1 is 1.30 bits per heavy atom. The molecule has 2 aromatic heterocycles. The van der Waals surface area contributed by atoms with Gasteiger partial charge in [-0.1, -0.05) is 36.0 Å². The van der Waals surface area contributed by atoms with E-state index in [1.165, 1.54) is 17.8 Å². The Bertz CT molecular complexity index is 788. The molecule has 3 rings (SSSR count). The van der Waals surface area contributed by atoms with E-state index >= 15 is 0 Å². The van der Waals surface area contributed by atoms with Crippen molar-refractivity contribution >= 4 is 11.8 Å². The van der Waals surface area contributed by atoms with Crippen LogP contribution in [0.2, 0.25) is 0 Å². The number of aromatic nitrogens is 5. The smallest absolute Gasteiger partial charge is 0.239 e. The van der Waals surface area contributed by atoms with Crippen molar-refractivity contribution in [2.24, 2.45) is 0 Å². The molecule has 23 heavy (non-hydrogen) atoms. The van der Waals surface area contributed by atoms with Crippen LogP contribution in [0.15, 0.2) is 33.9 Å². The van der Waals surface area contributed by atoms with Gasteiger partial charge in [0.2, 0.25) is 11.0 Å². The number of thioether (sulfide) groups is 1. The number of benzene rings is 1. The number of nitrogens with zero attached hydrogens (tertiary/aromatic N) is 4. The Kier molecular flexibility index (Phi) is 4.71. The lowest BCUT2D eigenvalue weighted by atomic mass is 10.2. The molecule has 0 saturated heterocycles. The molecule has 0 spiro atoms. The molecule has 0 aliphatic heterocycles. The van der Waals surface area contributed by atoms with Crippen LogP contribution in [-0.2, 0) is 6.42 Å². The molecule has 0 aliphatic rings. The Hall–Kier alpha value is -2.22. The van der Waals surface area contributed by atoms with Crippen molar-refractivity contribution in [3.8, 4) is 11.4 Å². The SMILES string of the molecule is CCCc1noc(C(C)Sc2n[nH]c(-c3ccccc3F)n2)n1. The van der Waals surface area contributed by atoms with Gasteiger partial charge >= 0.3 is 0 Å². The molecule has 8 heteroatoms. The van der Waals surface area contributed by atoms with Gasteiger partial charge in [-0.3, -0.25) is 5.10 Å². The second kappa shape index (κ2) is 6.91. The van der Waals surface area contributed by atoms with Crippen LogP contribution in [0, 0.1) is 5.82 Å². The van der Waals surface area contributed by atoms with E-state index in [0.29, 0.717) is 28.3 Å². The van der Waals surface area contributed by atoms with Crippen molar-refractivity contribution in [1.82, 2.24) is 25.3 Å². The van der Waals surface area contributed by atoms with Gasteiger partial charge in [-0.2, -0.15) is 4.98 Å². The number of halogens is 1.